The molecule has 0 bridgehead atoms. The van der Waals surface area contributed by atoms with Crippen LogP contribution in [0.3, 0.4) is 0 Å². The van der Waals surface area contributed by atoms with Crippen molar-refractivity contribution < 1.29 is 9.53 Å². The van der Waals surface area contributed by atoms with Crippen molar-refractivity contribution in [1.29, 1.82) is 0 Å². The molecule has 1 N–H and O–H groups in total. The lowest BCUT2D eigenvalue weighted by Gasteiger charge is -2.28. The molecule has 0 aliphatic carbocycles. The summed E-state index contributed by atoms with van der Waals surface area (Å²) in [6, 6.07) is 0.499. The van der Waals surface area contributed by atoms with E-state index in [1.165, 1.54) is 26.5 Å². The Balaban J connectivity index is 2.33. The van der Waals surface area contributed by atoms with Gasteiger partial charge in [-0.15, -0.1) is 0 Å². The maximum absolute atomic E-state index is 11.6. The number of nitrogens with zero attached hydrogens (tertiary/aromatic N) is 2. The Kier molecular flexibility index (Phi) is 8.11. The van der Waals surface area contributed by atoms with Gasteiger partial charge in [-0.1, -0.05) is 13.8 Å². The van der Waals surface area contributed by atoms with Crippen molar-refractivity contribution >= 4 is 5.97 Å². The van der Waals surface area contributed by atoms with Crippen LogP contribution in [-0.4, -0.2) is 74.7 Å². The predicted molar refractivity (Wildman–Crippen MR) is 81.9 cm³/mol. The number of hydrogen-bond acceptors (Lipinski definition) is 5. The van der Waals surface area contributed by atoms with E-state index in [0.29, 0.717) is 6.04 Å². The highest BCUT2D eigenvalue weighted by Gasteiger charge is 2.24. The number of likely N-dealkylation sites (tertiary alicyclic amines) is 1. The molecule has 0 aromatic heterocycles. The van der Waals surface area contributed by atoms with E-state index in [0.717, 1.165) is 32.6 Å². The van der Waals surface area contributed by atoms with Crippen molar-refractivity contribution in [3.8, 4) is 0 Å². The monoisotopic (exact) mass is 285 g/mol. The smallest absolute Gasteiger partial charge is 0.322 e. The van der Waals surface area contributed by atoms with E-state index < -0.39 is 0 Å². The quantitative estimate of drug-likeness (QED) is 0.639. The molecule has 0 saturated carbocycles. The number of carbonyl (C=O) groups excluding carboxylic acids is 1. The molecule has 0 aromatic rings. The van der Waals surface area contributed by atoms with E-state index in [9.17, 15) is 4.79 Å². The standard InChI is InChI=1S/C15H31N3O2/c1-5-16-14(15(19)20-4)9-11-17(3)12-13-8-7-10-18(13)6-2/h13-14,16H,5-12H2,1-4H3. The normalized spacial score (nSPS) is 21.4. The van der Waals surface area contributed by atoms with Gasteiger partial charge in [0.25, 0.3) is 0 Å². The average molecular weight is 285 g/mol. The molecule has 2 atom stereocenters. The number of methoxy groups -OCH3 is 1. The van der Waals surface area contributed by atoms with Crippen LogP contribution in [0.15, 0.2) is 0 Å². The molecule has 118 valence electrons. The van der Waals surface area contributed by atoms with Gasteiger partial charge in [-0.05, 0) is 52.5 Å². The largest absolute Gasteiger partial charge is 0.468 e. The molecule has 0 aromatic carbocycles. The van der Waals surface area contributed by atoms with Crippen LogP contribution in [-0.2, 0) is 9.53 Å². The molecule has 1 heterocycles. The third kappa shape index (κ3) is 5.38. The number of likely N-dealkylation sites (N-methyl/N-ethyl adjacent to an activating group) is 3. The summed E-state index contributed by atoms with van der Waals surface area (Å²) in [7, 11) is 3.60. The summed E-state index contributed by atoms with van der Waals surface area (Å²) in [6.45, 7) is 9.41. The summed E-state index contributed by atoms with van der Waals surface area (Å²) < 4.78 is 4.84. The van der Waals surface area contributed by atoms with E-state index in [1.54, 1.807) is 0 Å². The van der Waals surface area contributed by atoms with Crippen LogP contribution in [0.2, 0.25) is 0 Å². The zero-order valence-electron chi connectivity index (χ0n) is 13.5. The van der Waals surface area contributed by atoms with Crippen molar-refractivity contribution in [2.75, 3.05) is 46.9 Å². The fraction of sp³-hybridized carbons (Fsp3) is 0.933. The SMILES string of the molecule is CCNC(CCN(C)CC1CCCN1CC)C(=O)OC. The molecule has 5 heteroatoms. The molecular formula is C15H31N3O2. The zero-order chi connectivity index (χ0) is 15.0. The molecule has 1 aliphatic rings. The molecule has 0 radical (unpaired) electrons. The maximum Gasteiger partial charge on any atom is 0.322 e. The first kappa shape index (κ1) is 17.4. The molecular weight excluding hydrogens is 254 g/mol. The Labute approximate surface area is 123 Å². The lowest BCUT2D eigenvalue weighted by molar-refractivity contribution is -0.143. The van der Waals surface area contributed by atoms with Crippen molar-refractivity contribution in [2.24, 2.45) is 0 Å². The number of ether oxygens (including phenoxy) is 1. The molecule has 1 saturated heterocycles. The number of rotatable bonds is 9. The highest BCUT2D eigenvalue weighted by Crippen LogP contribution is 2.17. The second-order valence-corrected chi connectivity index (χ2v) is 5.61. The second kappa shape index (κ2) is 9.32. The molecule has 2 unspecified atom stereocenters. The van der Waals surface area contributed by atoms with Crippen molar-refractivity contribution in [2.45, 2.75) is 45.2 Å². The fourth-order valence-corrected chi connectivity index (χ4v) is 3.01. The first-order valence-electron chi connectivity index (χ1n) is 7.86. The topological polar surface area (TPSA) is 44.8 Å². The Bertz CT molecular complexity index is 286. The average Bonchev–Trinajstić information content (AvgIpc) is 2.89. The minimum Gasteiger partial charge on any atom is -0.468 e. The summed E-state index contributed by atoms with van der Waals surface area (Å²) in [5, 5.41) is 3.19. The lowest BCUT2D eigenvalue weighted by Crippen LogP contribution is -2.43. The Morgan fingerprint density at radius 2 is 2.25 bits per heavy atom. The summed E-state index contributed by atoms with van der Waals surface area (Å²) in [6.07, 6.45) is 3.41. The Morgan fingerprint density at radius 1 is 1.50 bits per heavy atom. The second-order valence-electron chi connectivity index (χ2n) is 5.61. The summed E-state index contributed by atoms with van der Waals surface area (Å²) in [5.41, 5.74) is 0. The van der Waals surface area contributed by atoms with E-state index >= 15 is 0 Å². The van der Waals surface area contributed by atoms with Crippen LogP contribution in [0.5, 0.6) is 0 Å². The van der Waals surface area contributed by atoms with Crippen LogP contribution < -0.4 is 5.32 Å². The third-order valence-corrected chi connectivity index (χ3v) is 4.16. The van der Waals surface area contributed by atoms with Gasteiger partial charge in [0.15, 0.2) is 0 Å². The van der Waals surface area contributed by atoms with Gasteiger partial charge >= 0.3 is 5.97 Å². The molecule has 20 heavy (non-hydrogen) atoms. The van der Waals surface area contributed by atoms with Gasteiger partial charge in [-0.2, -0.15) is 0 Å². The predicted octanol–water partition coefficient (Wildman–Crippen LogP) is 0.944. The molecule has 0 spiro atoms. The van der Waals surface area contributed by atoms with Crippen molar-refractivity contribution in [3.05, 3.63) is 0 Å². The number of carbonyl (C=O) groups is 1. The first-order valence-corrected chi connectivity index (χ1v) is 7.86. The zero-order valence-corrected chi connectivity index (χ0v) is 13.5. The highest BCUT2D eigenvalue weighted by atomic mass is 16.5. The van der Waals surface area contributed by atoms with Crippen LogP contribution in [0.4, 0.5) is 0 Å². The van der Waals surface area contributed by atoms with Gasteiger partial charge in [0.2, 0.25) is 0 Å². The minimum absolute atomic E-state index is 0.156. The van der Waals surface area contributed by atoms with E-state index in [-0.39, 0.29) is 12.0 Å². The van der Waals surface area contributed by atoms with E-state index in [4.69, 9.17) is 4.74 Å². The van der Waals surface area contributed by atoms with Gasteiger partial charge in [0, 0.05) is 12.6 Å². The van der Waals surface area contributed by atoms with Crippen molar-refractivity contribution in [3.63, 3.8) is 0 Å². The molecule has 1 rings (SSSR count). The van der Waals surface area contributed by atoms with Gasteiger partial charge in [0.05, 0.1) is 7.11 Å². The van der Waals surface area contributed by atoms with E-state index in [2.05, 4.69) is 29.1 Å². The fourth-order valence-electron chi connectivity index (χ4n) is 3.01. The molecule has 0 amide bonds. The number of nitrogens with one attached hydrogen (secondary N) is 1. The van der Waals surface area contributed by atoms with Gasteiger partial charge in [0.1, 0.15) is 6.04 Å². The van der Waals surface area contributed by atoms with Gasteiger partial charge < -0.3 is 15.0 Å². The van der Waals surface area contributed by atoms with Crippen LogP contribution >= 0.6 is 0 Å². The highest BCUT2D eigenvalue weighted by molar-refractivity contribution is 5.75. The van der Waals surface area contributed by atoms with Crippen LogP contribution in [0.1, 0.15) is 33.1 Å². The molecule has 1 aliphatic heterocycles. The Hall–Kier alpha value is -0.650. The molecule has 5 nitrogen and oxygen atoms in total. The van der Waals surface area contributed by atoms with Gasteiger partial charge in [-0.3, -0.25) is 9.69 Å². The minimum atomic E-state index is -0.182. The first-order chi connectivity index (χ1) is 9.62. The number of esters is 1. The Morgan fingerprint density at radius 3 is 2.85 bits per heavy atom. The van der Waals surface area contributed by atoms with Crippen LogP contribution in [0.25, 0.3) is 0 Å². The lowest BCUT2D eigenvalue weighted by atomic mass is 10.1. The third-order valence-electron chi connectivity index (χ3n) is 4.16. The van der Waals surface area contributed by atoms with E-state index in [1.807, 2.05) is 6.92 Å². The van der Waals surface area contributed by atoms with Gasteiger partial charge in [-0.25, -0.2) is 0 Å². The maximum atomic E-state index is 11.6. The summed E-state index contributed by atoms with van der Waals surface area (Å²) in [4.78, 5) is 16.5. The van der Waals surface area contributed by atoms with Crippen molar-refractivity contribution in [1.82, 2.24) is 15.1 Å². The summed E-state index contributed by atoms with van der Waals surface area (Å²) >= 11 is 0. The summed E-state index contributed by atoms with van der Waals surface area (Å²) in [5.74, 6) is -0.156. The molecule has 1 fully saturated rings. The van der Waals surface area contributed by atoms with Crippen LogP contribution in [0, 0.1) is 0 Å². The number of hydrogen-bond donors (Lipinski definition) is 1.